The predicted octanol–water partition coefficient (Wildman–Crippen LogP) is 4.17. The maximum absolute atomic E-state index is 13.1. The Bertz CT molecular complexity index is 928. The van der Waals surface area contributed by atoms with Crippen molar-refractivity contribution < 1.29 is 9.53 Å². The monoisotopic (exact) mass is 419 g/mol. The Morgan fingerprint density at radius 2 is 1.82 bits per heavy atom. The minimum Gasteiger partial charge on any atom is -0.494 e. The molecule has 0 unspecified atom stereocenters. The first-order chi connectivity index (χ1) is 13.0. The van der Waals surface area contributed by atoms with Crippen molar-refractivity contribution >= 4 is 45.0 Å². The molecule has 1 aromatic heterocycles. The van der Waals surface area contributed by atoms with Gasteiger partial charge in [0.05, 0.1) is 18.2 Å². The van der Waals surface area contributed by atoms with Crippen molar-refractivity contribution in [2.24, 2.45) is 0 Å². The lowest BCUT2D eigenvalue weighted by molar-refractivity contribution is -0.118. The van der Waals surface area contributed by atoms with Crippen LogP contribution in [0.15, 0.2) is 42.5 Å². The molecule has 1 heterocycles. The molecular weight excluding hydrogens is 394 g/mol. The van der Waals surface area contributed by atoms with E-state index in [1.807, 2.05) is 56.6 Å². The predicted molar refractivity (Wildman–Crippen MR) is 119 cm³/mol. The summed E-state index contributed by atoms with van der Waals surface area (Å²) in [5.74, 6) is 0.792. The van der Waals surface area contributed by atoms with Crippen molar-refractivity contribution in [3.63, 3.8) is 0 Å². The van der Waals surface area contributed by atoms with Gasteiger partial charge in [0.2, 0.25) is 5.91 Å². The highest BCUT2D eigenvalue weighted by Gasteiger charge is 2.22. The second-order valence-electron chi connectivity index (χ2n) is 6.77. The number of likely N-dealkylation sites (N-methyl/N-ethyl adjacent to an activating group) is 1. The van der Waals surface area contributed by atoms with Gasteiger partial charge in [-0.05, 0) is 38.2 Å². The fourth-order valence-electron chi connectivity index (χ4n) is 2.87. The lowest BCUT2D eigenvalue weighted by Crippen LogP contribution is -2.37. The van der Waals surface area contributed by atoms with Crippen LogP contribution in [0, 0.1) is 6.92 Å². The number of benzene rings is 2. The lowest BCUT2D eigenvalue weighted by atomic mass is 10.1. The van der Waals surface area contributed by atoms with Crippen molar-refractivity contribution in [2.75, 3.05) is 39.2 Å². The summed E-state index contributed by atoms with van der Waals surface area (Å²) in [7, 11) is 5.66. The van der Waals surface area contributed by atoms with Gasteiger partial charge in [0.25, 0.3) is 0 Å². The smallest absolute Gasteiger partial charge is 0.233 e. The zero-order valence-corrected chi connectivity index (χ0v) is 18.3. The largest absolute Gasteiger partial charge is 0.494 e. The summed E-state index contributed by atoms with van der Waals surface area (Å²) in [6.07, 6.45) is 0.361. The normalized spacial score (nSPS) is 10.8. The third-order valence-electron chi connectivity index (χ3n) is 4.41. The summed E-state index contributed by atoms with van der Waals surface area (Å²) in [5, 5.41) is 0.723. The molecule has 7 heteroatoms. The van der Waals surface area contributed by atoms with Gasteiger partial charge in [0.15, 0.2) is 5.13 Å². The molecule has 0 N–H and O–H groups in total. The maximum atomic E-state index is 13.1. The summed E-state index contributed by atoms with van der Waals surface area (Å²) in [6.45, 7) is 3.42. The van der Waals surface area contributed by atoms with Gasteiger partial charge in [0.1, 0.15) is 11.3 Å². The molecule has 3 rings (SSSR count). The average molecular weight is 420 g/mol. The van der Waals surface area contributed by atoms with Crippen LogP contribution in [0.5, 0.6) is 5.75 Å². The van der Waals surface area contributed by atoms with E-state index in [1.165, 1.54) is 0 Å². The van der Waals surface area contributed by atoms with Gasteiger partial charge in [-0.15, -0.1) is 12.4 Å². The Hall–Kier alpha value is -2.15. The molecule has 0 bridgehead atoms. The zero-order valence-electron chi connectivity index (χ0n) is 16.6. The van der Waals surface area contributed by atoms with E-state index in [2.05, 4.69) is 11.8 Å². The number of fused-ring (bicyclic) bond motifs is 1. The zero-order chi connectivity index (χ0) is 19.4. The van der Waals surface area contributed by atoms with Crippen LogP contribution in [0.3, 0.4) is 0 Å². The van der Waals surface area contributed by atoms with E-state index in [0.717, 1.165) is 38.8 Å². The van der Waals surface area contributed by atoms with Crippen LogP contribution in [-0.4, -0.2) is 50.1 Å². The molecule has 0 spiro atoms. The third-order valence-corrected chi connectivity index (χ3v) is 5.63. The number of amides is 1. The molecule has 0 aliphatic carbocycles. The average Bonchev–Trinajstić information content (AvgIpc) is 3.09. The number of carbonyl (C=O) groups excluding carboxylic acids is 1. The number of thiazole rings is 1. The standard InChI is InChI=1S/C21H25N3O2S.ClH/c1-15-10-11-17(26-4)19-20(15)27-21(22-19)24(13-12-23(2)3)18(25)14-16-8-6-5-7-9-16;/h5-11H,12-14H2,1-4H3;1H. The van der Waals surface area contributed by atoms with Gasteiger partial charge < -0.3 is 9.64 Å². The van der Waals surface area contributed by atoms with E-state index >= 15 is 0 Å². The van der Waals surface area contributed by atoms with Crippen LogP contribution in [0.2, 0.25) is 0 Å². The molecule has 0 radical (unpaired) electrons. The van der Waals surface area contributed by atoms with Crippen LogP contribution in [0.25, 0.3) is 10.2 Å². The molecule has 0 saturated heterocycles. The number of carbonyl (C=O) groups is 1. The highest BCUT2D eigenvalue weighted by atomic mass is 35.5. The molecule has 0 aliphatic heterocycles. The lowest BCUT2D eigenvalue weighted by Gasteiger charge is -2.22. The molecule has 5 nitrogen and oxygen atoms in total. The minimum atomic E-state index is 0. The molecule has 150 valence electrons. The second kappa shape index (κ2) is 9.87. The number of aromatic nitrogens is 1. The number of halogens is 1. The molecular formula is C21H26ClN3O2S. The van der Waals surface area contributed by atoms with Gasteiger partial charge in [-0.1, -0.05) is 47.7 Å². The molecule has 3 aromatic rings. The van der Waals surface area contributed by atoms with Crippen molar-refractivity contribution in [3.05, 3.63) is 53.6 Å². The van der Waals surface area contributed by atoms with Crippen molar-refractivity contribution in [2.45, 2.75) is 13.3 Å². The van der Waals surface area contributed by atoms with E-state index in [4.69, 9.17) is 9.72 Å². The molecule has 0 aliphatic rings. The topological polar surface area (TPSA) is 45.7 Å². The summed E-state index contributed by atoms with van der Waals surface area (Å²) in [6, 6.07) is 13.8. The molecule has 0 fully saturated rings. The number of methoxy groups -OCH3 is 1. The van der Waals surface area contributed by atoms with Crippen LogP contribution in [-0.2, 0) is 11.2 Å². The van der Waals surface area contributed by atoms with Gasteiger partial charge in [0, 0.05) is 13.1 Å². The SMILES string of the molecule is COc1ccc(C)c2sc(N(CCN(C)C)C(=O)Cc3ccccc3)nc12.Cl. The van der Waals surface area contributed by atoms with E-state index < -0.39 is 0 Å². The Morgan fingerprint density at radius 1 is 1.11 bits per heavy atom. The number of hydrogen-bond donors (Lipinski definition) is 0. The van der Waals surface area contributed by atoms with Gasteiger partial charge in [-0.2, -0.15) is 0 Å². The summed E-state index contributed by atoms with van der Waals surface area (Å²) in [5.41, 5.74) is 2.96. The van der Waals surface area contributed by atoms with Crippen LogP contribution >= 0.6 is 23.7 Å². The molecule has 28 heavy (non-hydrogen) atoms. The van der Waals surface area contributed by atoms with E-state index in [0.29, 0.717) is 13.0 Å². The molecule has 1 amide bonds. The highest BCUT2D eigenvalue weighted by Crippen LogP contribution is 2.36. The van der Waals surface area contributed by atoms with Crippen LogP contribution in [0.4, 0.5) is 5.13 Å². The van der Waals surface area contributed by atoms with Crippen LogP contribution < -0.4 is 9.64 Å². The van der Waals surface area contributed by atoms with Crippen LogP contribution in [0.1, 0.15) is 11.1 Å². The number of rotatable bonds is 7. The number of aryl methyl sites for hydroxylation is 1. The number of ether oxygens (including phenoxy) is 1. The fourth-order valence-corrected chi connectivity index (χ4v) is 3.97. The fraction of sp³-hybridized carbons (Fsp3) is 0.333. The highest BCUT2D eigenvalue weighted by molar-refractivity contribution is 7.22. The van der Waals surface area contributed by atoms with Crippen molar-refractivity contribution in [1.29, 1.82) is 0 Å². The van der Waals surface area contributed by atoms with Gasteiger partial charge >= 0.3 is 0 Å². The van der Waals surface area contributed by atoms with E-state index in [1.54, 1.807) is 23.3 Å². The first-order valence-electron chi connectivity index (χ1n) is 8.92. The Balaban J connectivity index is 0.00000280. The maximum Gasteiger partial charge on any atom is 0.233 e. The molecule has 0 saturated carbocycles. The van der Waals surface area contributed by atoms with E-state index in [9.17, 15) is 4.79 Å². The summed E-state index contributed by atoms with van der Waals surface area (Å²) in [4.78, 5) is 21.7. The summed E-state index contributed by atoms with van der Waals surface area (Å²) < 4.78 is 6.52. The molecule has 2 aromatic carbocycles. The second-order valence-corrected chi connectivity index (χ2v) is 7.75. The minimum absolute atomic E-state index is 0. The number of hydrogen-bond acceptors (Lipinski definition) is 5. The number of anilines is 1. The van der Waals surface area contributed by atoms with Gasteiger partial charge in [-0.25, -0.2) is 4.98 Å². The Morgan fingerprint density at radius 3 is 2.46 bits per heavy atom. The van der Waals surface area contributed by atoms with Crippen molar-refractivity contribution in [1.82, 2.24) is 9.88 Å². The Labute approximate surface area is 176 Å². The number of nitrogens with zero attached hydrogens (tertiary/aromatic N) is 3. The van der Waals surface area contributed by atoms with Crippen molar-refractivity contribution in [3.8, 4) is 5.75 Å². The quantitative estimate of drug-likeness (QED) is 0.576. The first-order valence-corrected chi connectivity index (χ1v) is 9.74. The molecule has 0 atom stereocenters. The summed E-state index contributed by atoms with van der Waals surface area (Å²) >= 11 is 1.55. The Kier molecular flexibility index (Phi) is 7.80. The van der Waals surface area contributed by atoms with Gasteiger partial charge in [-0.3, -0.25) is 9.69 Å². The first kappa shape index (κ1) is 22.1. The van der Waals surface area contributed by atoms with E-state index in [-0.39, 0.29) is 18.3 Å². The third kappa shape index (κ3) is 5.01.